The summed E-state index contributed by atoms with van der Waals surface area (Å²) in [4.78, 5) is 14.7. The smallest absolute Gasteiger partial charge is 0.252 e. The maximum atomic E-state index is 12.6. The summed E-state index contributed by atoms with van der Waals surface area (Å²) in [6.07, 6.45) is 0. The van der Waals surface area contributed by atoms with Gasteiger partial charge in [0.15, 0.2) is 0 Å². The number of carbonyl (C=O) groups is 1. The van der Waals surface area contributed by atoms with E-state index in [1.54, 1.807) is 13.8 Å². The molecule has 0 saturated carbocycles. The van der Waals surface area contributed by atoms with Gasteiger partial charge in [-0.3, -0.25) is 4.79 Å². The second-order valence-corrected chi connectivity index (χ2v) is 7.86. The Balaban J connectivity index is 2.96. The number of hydrogen-bond acceptors (Lipinski definition) is 4. The van der Waals surface area contributed by atoms with Gasteiger partial charge in [0, 0.05) is 26.2 Å². The molecule has 0 unspecified atom stereocenters. The highest BCUT2D eigenvalue weighted by Gasteiger charge is 2.23. The number of halogens is 1. The third-order valence-electron chi connectivity index (χ3n) is 4.13. The molecule has 0 aliphatic carbocycles. The Kier molecular flexibility index (Phi) is 8.85. The first-order valence-corrected chi connectivity index (χ1v) is 10.4. The van der Waals surface area contributed by atoms with Crippen LogP contribution in [0.25, 0.3) is 0 Å². The van der Waals surface area contributed by atoms with Gasteiger partial charge in [-0.1, -0.05) is 39.3 Å². The number of hydrogen-bond donors (Lipinski definition) is 1. The van der Waals surface area contributed by atoms with Crippen molar-refractivity contribution in [2.75, 3.05) is 39.3 Å². The van der Waals surface area contributed by atoms with E-state index < -0.39 is 10.0 Å². The summed E-state index contributed by atoms with van der Waals surface area (Å²) in [7, 11) is -3.63. The summed E-state index contributed by atoms with van der Waals surface area (Å²) < 4.78 is 26.6. The van der Waals surface area contributed by atoms with E-state index in [1.165, 1.54) is 22.5 Å². The average Bonchev–Trinajstić information content (AvgIpc) is 2.59. The summed E-state index contributed by atoms with van der Waals surface area (Å²) in [5, 5.41) is 3.04. The molecule has 1 aromatic carbocycles. The number of benzene rings is 1. The highest BCUT2D eigenvalue weighted by molar-refractivity contribution is 7.89. The van der Waals surface area contributed by atoms with E-state index >= 15 is 0 Å². The van der Waals surface area contributed by atoms with Gasteiger partial charge in [0.2, 0.25) is 10.0 Å². The standard InChI is InChI=1S/C17H28ClN3O3S/c1-5-20(6-2)12-11-19-17(22)15-13-14(9-10-16(15)18)25(23,24)21(7-3)8-4/h9-10,13H,5-8,11-12H2,1-4H3,(H,19,22). The van der Waals surface area contributed by atoms with Crippen LogP contribution in [0.4, 0.5) is 0 Å². The molecule has 0 bridgehead atoms. The van der Waals surface area contributed by atoms with Crippen molar-refractivity contribution in [2.45, 2.75) is 32.6 Å². The van der Waals surface area contributed by atoms with Gasteiger partial charge >= 0.3 is 0 Å². The summed E-state index contributed by atoms with van der Waals surface area (Å²) in [5.74, 6) is -0.367. The quantitative estimate of drug-likeness (QED) is 0.667. The molecule has 0 saturated heterocycles. The Labute approximate surface area is 156 Å². The molecule has 0 aromatic heterocycles. The lowest BCUT2D eigenvalue weighted by Crippen LogP contribution is -2.35. The van der Waals surface area contributed by atoms with Crippen molar-refractivity contribution < 1.29 is 13.2 Å². The van der Waals surface area contributed by atoms with Gasteiger partial charge in [0.25, 0.3) is 5.91 Å². The molecule has 142 valence electrons. The van der Waals surface area contributed by atoms with Crippen molar-refractivity contribution in [3.05, 3.63) is 28.8 Å². The molecule has 25 heavy (non-hydrogen) atoms. The minimum absolute atomic E-state index is 0.0782. The fourth-order valence-corrected chi connectivity index (χ4v) is 4.20. The van der Waals surface area contributed by atoms with Crippen molar-refractivity contribution in [1.82, 2.24) is 14.5 Å². The lowest BCUT2D eigenvalue weighted by atomic mass is 10.2. The molecular weight excluding hydrogens is 362 g/mol. The van der Waals surface area contributed by atoms with E-state index in [0.717, 1.165) is 19.6 Å². The summed E-state index contributed by atoms with van der Waals surface area (Å²) in [6.45, 7) is 11.4. The molecule has 1 amide bonds. The van der Waals surface area contributed by atoms with Crippen LogP contribution in [-0.2, 0) is 10.0 Å². The van der Waals surface area contributed by atoms with E-state index in [1.807, 2.05) is 0 Å². The van der Waals surface area contributed by atoms with Gasteiger partial charge in [-0.25, -0.2) is 8.42 Å². The molecule has 1 N–H and O–H groups in total. The number of likely N-dealkylation sites (N-methyl/N-ethyl adjacent to an activating group) is 1. The first kappa shape index (κ1) is 21.9. The largest absolute Gasteiger partial charge is 0.351 e. The van der Waals surface area contributed by atoms with Crippen LogP contribution in [0.1, 0.15) is 38.1 Å². The van der Waals surface area contributed by atoms with E-state index in [4.69, 9.17) is 11.6 Å². The van der Waals surface area contributed by atoms with Crippen molar-refractivity contribution in [3.63, 3.8) is 0 Å². The highest BCUT2D eigenvalue weighted by atomic mass is 35.5. The summed E-state index contributed by atoms with van der Waals surface area (Å²) >= 11 is 6.10. The Morgan fingerprint density at radius 2 is 1.68 bits per heavy atom. The third-order valence-corrected chi connectivity index (χ3v) is 6.51. The zero-order chi connectivity index (χ0) is 19.0. The van der Waals surface area contributed by atoms with Crippen LogP contribution in [0.2, 0.25) is 5.02 Å². The number of nitrogens with one attached hydrogen (secondary N) is 1. The molecule has 1 rings (SSSR count). The van der Waals surface area contributed by atoms with Crippen LogP contribution in [0.15, 0.2) is 23.1 Å². The second-order valence-electron chi connectivity index (χ2n) is 5.51. The topological polar surface area (TPSA) is 69.7 Å². The normalized spacial score (nSPS) is 12.0. The van der Waals surface area contributed by atoms with Crippen LogP contribution in [0, 0.1) is 0 Å². The number of rotatable bonds is 10. The number of carbonyl (C=O) groups excluding carboxylic acids is 1. The minimum Gasteiger partial charge on any atom is -0.351 e. The maximum Gasteiger partial charge on any atom is 0.252 e. The Morgan fingerprint density at radius 1 is 1.08 bits per heavy atom. The molecule has 1 aromatic rings. The second kappa shape index (κ2) is 10.1. The zero-order valence-electron chi connectivity index (χ0n) is 15.4. The van der Waals surface area contributed by atoms with Crippen LogP contribution in [-0.4, -0.2) is 62.8 Å². The van der Waals surface area contributed by atoms with Gasteiger partial charge in [-0.2, -0.15) is 4.31 Å². The first-order valence-electron chi connectivity index (χ1n) is 8.61. The predicted octanol–water partition coefficient (Wildman–Crippen LogP) is 2.44. The first-order chi connectivity index (χ1) is 11.8. The monoisotopic (exact) mass is 389 g/mol. The molecule has 0 aliphatic heterocycles. The van der Waals surface area contributed by atoms with Crippen molar-refractivity contribution in [2.24, 2.45) is 0 Å². The van der Waals surface area contributed by atoms with Gasteiger partial charge < -0.3 is 10.2 Å². The van der Waals surface area contributed by atoms with Gasteiger partial charge in [-0.15, -0.1) is 0 Å². The molecule has 6 nitrogen and oxygen atoms in total. The summed E-state index contributed by atoms with van der Waals surface area (Å²) in [5.41, 5.74) is 0.175. The molecule has 8 heteroatoms. The van der Waals surface area contributed by atoms with Crippen LogP contribution in [0.3, 0.4) is 0 Å². The molecular formula is C17H28ClN3O3S. The minimum atomic E-state index is -3.63. The SMILES string of the molecule is CCN(CC)CCNC(=O)c1cc(S(=O)(=O)N(CC)CC)ccc1Cl. The number of sulfonamides is 1. The molecule has 0 radical (unpaired) electrons. The van der Waals surface area contributed by atoms with Crippen LogP contribution >= 0.6 is 11.6 Å². The van der Waals surface area contributed by atoms with Crippen LogP contribution < -0.4 is 5.32 Å². The van der Waals surface area contributed by atoms with Gasteiger partial charge in [-0.05, 0) is 31.3 Å². The lowest BCUT2D eigenvalue weighted by Gasteiger charge is -2.19. The van der Waals surface area contributed by atoms with E-state index in [9.17, 15) is 13.2 Å². The van der Waals surface area contributed by atoms with Gasteiger partial charge in [0.05, 0.1) is 15.5 Å². The van der Waals surface area contributed by atoms with E-state index in [-0.39, 0.29) is 21.4 Å². The zero-order valence-corrected chi connectivity index (χ0v) is 17.0. The lowest BCUT2D eigenvalue weighted by molar-refractivity contribution is 0.0949. The maximum absolute atomic E-state index is 12.6. The molecule has 0 spiro atoms. The average molecular weight is 390 g/mol. The Morgan fingerprint density at radius 3 is 2.20 bits per heavy atom. The molecule has 0 atom stereocenters. The molecule has 0 aliphatic rings. The van der Waals surface area contributed by atoms with Crippen LogP contribution in [0.5, 0.6) is 0 Å². The summed E-state index contributed by atoms with van der Waals surface area (Å²) in [6, 6.07) is 4.24. The Hall–Kier alpha value is -1.15. The number of amides is 1. The number of nitrogens with zero attached hydrogens (tertiary/aromatic N) is 2. The Bertz CT molecular complexity index is 672. The fourth-order valence-electron chi connectivity index (χ4n) is 2.51. The van der Waals surface area contributed by atoms with Crippen molar-refractivity contribution >= 4 is 27.5 Å². The molecule has 0 heterocycles. The highest BCUT2D eigenvalue weighted by Crippen LogP contribution is 2.23. The fraction of sp³-hybridized carbons (Fsp3) is 0.588. The van der Waals surface area contributed by atoms with Crippen molar-refractivity contribution in [3.8, 4) is 0 Å². The predicted molar refractivity (Wildman–Crippen MR) is 102 cm³/mol. The van der Waals surface area contributed by atoms with Gasteiger partial charge in [0.1, 0.15) is 0 Å². The third kappa shape index (κ3) is 5.67. The van der Waals surface area contributed by atoms with Crippen molar-refractivity contribution in [1.29, 1.82) is 0 Å². The van der Waals surface area contributed by atoms with E-state index in [0.29, 0.717) is 19.6 Å². The van der Waals surface area contributed by atoms with E-state index in [2.05, 4.69) is 24.1 Å². The molecule has 0 fully saturated rings.